The van der Waals surface area contributed by atoms with E-state index >= 15 is 0 Å². The summed E-state index contributed by atoms with van der Waals surface area (Å²) in [7, 11) is 3.19. The van der Waals surface area contributed by atoms with Gasteiger partial charge in [-0.25, -0.2) is 0 Å². The maximum Gasteiger partial charge on any atom is 0.255 e. The Morgan fingerprint density at radius 3 is 2.44 bits per heavy atom. The van der Waals surface area contributed by atoms with E-state index in [4.69, 9.17) is 17.3 Å². The quantitative estimate of drug-likeness (QED) is 0.288. The van der Waals surface area contributed by atoms with E-state index in [1.165, 1.54) is 23.8 Å². The molecule has 1 saturated carbocycles. The number of aliphatic hydroxyl groups excluding tert-OH is 2. The number of hydrogen-bond acceptors (Lipinski definition) is 9. The minimum atomic E-state index is -2.66. The van der Waals surface area contributed by atoms with Crippen LogP contribution >= 0.6 is 11.6 Å². The third kappa shape index (κ3) is 4.56. The number of amides is 1. The molecule has 5 atom stereocenters. The fourth-order valence-corrected chi connectivity index (χ4v) is 7.26. The Bertz CT molecular complexity index is 1400. The van der Waals surface area contributed by atoms with E-state index in [1.807, 2.05) is 0 Å². The molecule has 0 radical (unpaired) electrons. The van der Waals surface area contributed by atoms with Gasteiger partial charge in [-0.15, -0.1) is 0 Å². The maximum atomic E-state index is 13.9. The zero-order chi connectivity index (χ0) is 30.1. The average Bonchev–Trinajstić information content (AvgIpc) is 3.71. The number of aromatic hydroxyl groups is 1. The number of carbonyl (C=O) groups excluding carboxylic acids is 3. The molecule has 1 amide bonds. The summed E-state index contributed by atoms with van der Waals surface area (Å²) in [5.74, 6) is -6.11. The second-order valence-electron chi connectivity index (χ2n) is 12.3. The number of benzene rings is 1. The SMILES string of the molecule is CCC(C)N(Cc1cc(O)c2c(c1Cl)C[C@H]1C[C@H]3[C@H](N(C)C)C(O)=C(C(N)=O)C(=O)[C@@]3(O)C(O)=C1C2=O)CC1CC1. The van der Waals surface area contributed by atoms with Crippen LogP contribution < -0.4 is 5.73 Å². The van der Waals surface area contributed by atoms with Gasteiger partial charge in [0.25, 0.3) is 5.91 Å². The molecule has 5 rings (SSSR count). The molecule has 0 aromatic heterocycles. The number of aliphatic hydroxyl groups is 3. The van der Waals surface area contributed by atoms with Crippen LogP contribution in [0.2, 0.25) is 5.02 Å². The van der Waals surface area contributed by atoms with Gasteiger partial charge in [-0.2, -0.15) is 0 Å². The highest BCUT2D eigenvalue weighted by molar-refractivity contribution is 6.33. The largest absolute Gasteiger partial charge is 0.510 e. The Morgan fingerprint density at radius 2 is 1.88 bits per heavy atom. The molecule has 4 aliphatic rings. The smallest absolute Gasteiger partial charge is 0.255 e. The summed E-state index contributed by atoms with van der Waals surface area (Å²) in [5, 5.41) is 45.5. The lowest BCUT2D eigenvalue weighted by Crippen LogP contribution is -2.63. The van der Waals surface area contributed by atoms with Crippen molar-refractivity contribution in [2.75, 3.05) is 20.6 Å². The van der Waals surface area contributed by atoms with E-state index in [0.717, 1.165) is 13.0 Å². The van der Waals surface area contributed by atoms with Gasteiger partial charge in [0.15, 0.2) is 11.4 Å². The summed E-state index contributed by atoms with van der Waals surface area (Å²) < 4.78 is 0. The highest BCUT2D eigenvalue weighted by Gasteiger charge is 2.63. The van der Waals surface area contributed by atoms with Gasteiger partial charge >= 0.3 is 0 Å². The zero-order valence-electron chi connectivity index (χ0n) is 23.8. The molecule has 0 saturated heterocycles. The normalized spacial score (nSPS) is 28.6. The lowest BCUT2D eigenvalue weighted by Gasteiger charge is -2.50. The number of rotatable bonds is 8. The van der Waals surface area contributed by atoms with Crippen molar-refractivity contribution in [2.45, 2.75) is 70.2 Å². The molecule has 1 aromatic carbocycles. The Morgan fingerprint density at radius 1 is 1.22 bits per heavy atom. The summed E-state index contributed by atoms with van der Waals surface area (Å²) in [5.41, 5.74) is 2.77. The molecule has 1 aromatic rings. The summed E-state index contributed by atoms with van der Waals surface area (Å²) in [6.07, 6.45) is 3.53. The molecule has 0 spiro atoms. The fourth-order valence-electron chi connectivity index (χ4n) is 6.98. The van der Waals surface area contributed by atoms with Crippen LogP contribution in [0.25, 0.3) is 0 Å². The second-order valence-corrected chi connectivity index (χ2v) is 12.7. The topological polar surface area (TPSA) is 165 Å². The lowest BCUT2D eigenvalue weighted by atomic mass is 9.58. The number of primary amides is 1. The highest BCUT2D eigenvalue weighted by atomic mass is 35.5. The second kappa shape index (κ2) is 10.4. The van der Waals surface area contributed by atoms with Crippen molar-refractivity contribution in [3.63, 3.8) is 0 Å². The first-order chi connectivity index (χ1) is 19.2. The van der Waals surface area contributed by atoms with Crippen LogP contribution in [0.15, 0.2) is 28.7 Å². The number of nitrogens with zero attached hydrogens (tertiary/aromatic N) is 2. The predicted molar refractivity (Wildman–Crippen MR) is 152 cm³/mol. The summed E-state index contributed by atoms with van der Waals surface area (Å²) in [4.78, 5) is 43.3. The number of allylic oxidation sites excluding steroid dienone is 1. The fraction of sp³-hybridized carbons (Fsp3) is 0.567. The number of likely N-dealkylation sites (N-methyl/N-ethyl adjacent to an activating group) is 1. The molecule has 1 unspecified atom stereocenters. The molecule has 41 heavy (non-hydrogen) atoms. The number of Topliss-reactive ketones (excluding diaryl/α,β-unsaturated/α-hetero) is 2. The van der Waals surface area contributed by atoms with E-state index in [9.17, 15) is 34.8 Å². The summed E-state index contributed by atoms with van der Waals surface area (Å²) in [6, 6.07) is 0.744. The third-order valence-corrected chi connectivity index (χ3v) is 9.98. The van der Waals surface area contributed by atoms with Crippen molar-refractivity contribution in [3.05, 3.63) is 50.4 Å². The van der Waals surface area contributed by atoms with Crippen LogP contribution in [0.3, 0.4) is 0 Å². The molecule has 10 nitrogen and oxygen atoms in total. The highest BCUT2D eigenvalue weighted by Crippen LogP contribution is 2.53. The van der Waals surface area contributed by atoms with E-state index in [2.05, 4.69) is 18.7 Å². The Labute approximate surface area is 244 Å². The molecule has 1 fully saturated rings. The standard InChI is InChI=1S/C30H38ClN3O7/c1-5-13(2)34(11-14-6-7-14)12-16-10-19(35)21-17(23(16)31)8-15-9-18-24(33(3)4)26(37)22(29(32)40)28(39)30(18,41)27(38)20(15)25(21)36/h10,13-15,18,24,35,37-38,41H,5-9,11-12H2,1-4H3,(H2,32,40)/t13?,15-,18-,24-,30-/m0/s1. The van der Waals surface area contributed by atoms with Crippen molar-refractivity contribution >= 4 is 29.1 Å². The molecule has 0 aliphatic heterocycles. The van der Waals surface area contributed by atoms with Gasteiger partial charge in [0, 0.05) is 35.6 Å². The Hall–Kier alpha value is -2.92. The molecule has 11 heteroatoms. The van der Waals surface area contributed by atoms with Crippen molar-refractivity contribution in [1.29, 1.82) is 0 Å². The van der Waals surface area contributed by atoms with Gasteiger partial charge in [0.1, 0.15) is 22.8 Å². The molecule has 0 heterocycles. The van der Waals surface area contributed by atoms with Gasteiger partial charge in [-0.05, 0) is 82.2 Å². The number of phenolic OH excluding ortho intramolecular Hbond substituents is 1. The minimum Gasteiger partial charge on any atom is -0.510 e. The number of carbonyl (C=O) groups is 3. The minimum absolute atomic E-state index is 0.0216. The van der Waals surface area contributed by atoms with Gasteiger partial charge < -0.3 is 26.2 Å². The van der Waals surface area contributed by atoms with Crippen LogP contribution in [-0.4, -0.2) is 86.0 Å². The molecule has 0 bridgehead atoms. The molecule has 6 N–H and O–H groups in total. The zero-order valence-corrected chi connectivity index (χ0v) is 24.5. The number of fused-ring (bicyclic) bond motifs is 3. The first-order valence-electron chi connectivity index (χ1n) is 14.2. The van der Waals surface area contributed by atoms with Crippen LogP contribution in [0, 0.1) is 17.8 Å². The number of ketones is 2. The van der Waals surface area contributed by atoms with E-state index in [-0.39, 0.29) is 29.7 Å². The van der Waals surface area contributed by atoms with Crippen LogP contribution in [-0.2, 0) is 22.6 Å². The van der Waals surface area contributed by atoms with Crippen molar-refractivity contribution in [1.82, 2.24) is 9.80 Å². The van der Waals surface area contributed by atoms with Crippen LogP contribution in [0.5, 0.6) is 5.75 Å². The maximum absolute atomic E-state index is 13.9. The molecule has 222 valence electrons. The summed E-state index contributed by atoms with van der Waals surface area (Å²) in [6.45, 7) is 5.71. The average molecular weight is 588 g/mol. The first-order valence-corrected chi connectivity index (χ1v) is 14.5. The van der Waals surface area contributed by atoms with Crippen LogP contribution in [0.1, 0.15) is 61.0 Å². The van der Waals surface area contributed by atoms with Crippen molar-refractivity contribution < 1.29 is 34.8 Å². The van der Waals surface area contributed by atoms with E-state index < -0.39 is 58.0 Å². The van der Waals surface area contributed by atoms with E-state index in [1.54, 1.807) is 14.1 Å². The molecular formula is C30H38ClN3O7. The number of phenols is 1. The van der Waals surface area contributed by atoms with Gasteiger partial charge in [0.05, 0.1) is 11.6 Å². The van der Waals surface area contributed by atoms with E-state index in [0.29, 0.717) is 34.7 Å². The summed E-state index contributed by atoms with van der Waals surface area (Å²) >= 11 is 6.94. The van der Waals surface area contributed by atoms with Crippen molar-refractivity contribution in [3.8, 4) is 5.75 Å². The third-order valence-electron chi connectivity index (χ3n) is 9.51. The Kier molecular flexibility index (Phi) is 7.51. The van der Waals surface area contributed by atoms with Crippen molar-refractivity contribution in [2.24, 2.45) is 23.5 Å². The molecular weight excluding hydrogens is 550 g/mol. The van der Waals surface area contributed by atoms with Gasteiger partial charge in [0.2, 0.25) is 5.78 Å². The van der Waals surface area contributed by atoms with Gasteiger partial charge in [-0.1, -0.05) is 18.5 Å². The number of hydrogen-bond donors (Lipinski definition) is 5. The predicted octanol–water partition coefficient (Wildman–Crippen LogP) is 2.78. The number of halogens is 1. The molecule has 4 aliphatic carbocycles. The number of nitrogens with two attached hydrogens (primary N) is 1. The lowest BCUT2D eigenvalue weighted by molar-refractivity contribution is -0.148. The monoisotopic (exact) mass is 587 g/mol. The van der Waals surface area contributed by atoms with Crippen LogP contribution in [0.4, 0.5) is 0 Å². The van der Waals surface area contributed by atoms with Gasteiger partial charge in [-0.3, -0.25) is 24.2 Å². The first kappa shape index (κ1) is 29.6. The Balaban J connectivity index is 1.60.